The minimum atomic E-state index is -1.40. The Morgan fingerprint density at radius 1 is 1.07 bits per heavy atom. The molecular formula is C44H61N3O9. The molecule has 1 fully saturated rings. The number of methoxy groups -OCH3 is 1. The minimum absolute atomic E-state index is 0.0202. The third-order valence-electron chi connectivity index (χ3n) is 10.8. The highest BCUT2D eigenvalue weighted by atomic mass is 16.7. The Balaban J connectivity index is 1.72. The predicted molar refractivity (Wildman–Crippen MR) is 215 cm³/mol. The van der Waals surface area contributed by atoms with Crippen LogP contribution >= 0.6 is 0 Å². The third-order valence-corrected chi connectivity index (χ3v) is 10.8. The van der Waals surface area contributed by atoms with Crippen LogP contribution in [0.25, 0.3) is 0 Å². The molecule has 2 aromatic carbocycles. The number of rotatable bonds is 18. The molecule has 0 spiro atoms. The lowest BCUT2D eigenvalue weighted by molar-refractivity contribution is -0.255. The van der Waals surface area contributed by atoms with Gasteiger partial charge in [0.05, 0.1) is 25.3 Å². The van der Waals surface area contributed by atoms with E-state index in [0.717, 1.165) is 42.4 Å². The molecule has 12 nitrogen and oxygen atoms in total. The second-order valence-electron chi connectivity index (χ2n) is 15.9. The average Bonchev–Trinajstić information content (AvgIpc) is 3.19. The highest BCUT2D eigenvalue weighted by molar-refractivity contribution is 6.03. The summed E-state index contributed by atoms with van der Waals surface area (Å²) >= 11 is 0. The number of ether oxygens (including phenoxy) is 4. The minimum Gasteiger partial charge on any atom is -0.459 e. The van der Waals surface area contributed by atoms with Gasteiger partial charge in [0.1, 0.15) is 23.1 Å². The number of aliphatic hydroxyl groups is 2. The van der Waals surface area contributed by atoms with E-state index >= 15 is 0 Å². The lowest BCUT2D eigenvalue weighted by Crippen LogP contribution is -2.70. The van der Waals surface area contributed by atoms with E-state index in [1.54, 1.807) is 17.0 Å². The van der Waals surface area contributed by atoms with E-state index in [2.05, 4.69) is 18.0 Å². The van der Waals surface area contributed by atoms with E-state index in [9.17, 15) is 19.8 Å². The summed E-state index contributed by atoms with van der Waals surface area (Å²) in [5.41, 5.74) is 2.83. The monoisotopic (exact) mass is 775 g/mol. The fraction of sp³-hybridized carbons (Fsp3) is 0.568. The van der Waals surface area contributed by atoms with Crippen LogP contribution in [0.15, 0.2) is 78.0 Å². The van der Waals surface area contributed by atoms with Gasteiger partial charge in [-0.25, -0.2) is 9.59 Å². The standard InChI is InChI=1S/C44H61N3O9/c1-7-22-47(42(51)52-6)38-28-36(46-56-43(3,4)5)34-26-31(18-12-14-23-48)33(19-13-15-24-49)39-35-27-32(54-41(50)45-29-30-16-10-9-11-17-30)20-21-37(35)55-44(38,40(34)39)53-25-8-2/h8-11,16-17,20-21,26-27,31,33,38-40,48-49H,2,7,12-15,18-19,22-25,28-29H2,1,3-6H3,(H,45,50)/t31-,33+,38-,39+,40+,44+/m0/s1. The average molecular weight is 776 g/mol. The molecule has 2 aromatic rings. The molecule has 0 aromatic heterocycles. The van der Waals surface area contributed by atoms with Crippen LogP contribution in [0.2, 0.25) is 0 Å². The normalized spacial score (nSPS) is 24.5. The van der Waals surface area contributed by atoms with E-state index in [1.165, 1.54) is 7.11 Å². The van der Waals surface area contributed by atoms with Crippen LogP contribution in [0.5, 0.6) is 11.5 Å². The van der Waals surface area contributed by atoms with Crippen molar-refractivity contribution >= 4 is 17.9 Å². The molecule has 3 N–H and O–H groups in total. The van der Waals surface area contributed by atoms with Gasteiger partial charge in [0.2, 0.25) is 5.79 Å². The van der Waals surface area contributed by atoms with Gasteiger partial charge in [-0.1, -0.05) is 67.4 Å². The Hall–Kier alpha value is -4.39. The third kappa shape index (κ3) is 9.94. The van der Waals surface area contributed by atoms with Crippen LogP contribution < -0.4 is 14.8 Å². The first-order valence-electron chi connectivity index (χ1n) is 20.1. The second-order valence-corrected chi connectivity index (χ2v) is 15.9. The molecule has 12 heteroatoms. The lowest BCUT2D eigenvalue weighted by Gasteiger charge is -2.59. The van der Waals surface area contributed by atoms with Gasteiger partial charge in [0, 0.05) is 44.2 Å². The topological polar surface area (TPSA) is 148 Å². The number of nitrogens with zero attached hydrogens (tertiary/aromatic N) is 2. The number of fused-ring (bicyclic) bond motifs is 2. The maximum atomic E-state index is 13.7. The summed E-state index contributed by atoms with van der Waals surface area (Å²) in [4.78, 5) is 34.7. The van der Waals surface area contributed by atoms with Crippen molar-refractivity contribution in [2.24, 2.45) is 22.9 Å². The molecule has 0 unspecified atom stereocenters. The number of unbranched alkanes of at least 4 members (excludes halogenated alkanes) is 2. The van der Waals surface area contributed by atoms with E-state index in [0.29, 0.717) is 49.6 Å². The maximum Gasteiger partial charge on any atom is 0.412 e. The highest BCUT2D eigenvalue weighted by Gasteiger charge is 2.65. The van der Waals surface area contributed by atoms with Crippen LogP contribution in [0, 0.1) is 17.8 Å². The molecule has 2 aliphatic carbocycles. The lowest BCUT2D eigenvalue weighted by atomic mass is 9.55. The quantitative estimate of drug-likeness (QED) is 0.0781. The zero-order chi connectivity index (χ0) is 40.3. The van der Waals surface area contributed by atoms with Crippen molar-refractivity contribution in [3.8, 4) is 11.5 Å². The first-order valence-corrected chi connectivity index (χ1v) is 20.1. The van der Waals surface area contributed by atoms with Crippen LogP contribution in [0.4, 0.5) is 9.59 Å². The van der Waals surface area contributed by atoms with Gasteiger partial charge in [-0.2, -0.15) is 0 Å². The molecule has 306 valence electrons. The molecule has 0 radical (unpaired) electrons. The van der Waals surface area contributed by atoms with Crippen LogP contribution in [0.3, 0.4) is 0 Å². The van der Waals surface area contributed by atoms with Crippen molar-refractivity contribution in [2.45, 2.75) is 109 Å². The summed E-state index contributed by atoms with van der Waals surface area (Å²) in [5, 5.41) is 27.4. The fourth-order valence-electron chi connectivity index (χ4n) is 8.55. The summed E-state index contributed by atoms with van der Waals surface area (Å²) in [5.74, 6) is -1.15. The predicted octanol–water partition coefficient (Wildman–Crippen LogP) is 7.89. The Morgan fingerprint density at radius 2 is 1.80 bits per heavy atom. The number of hydrogen-bond donors (Lipinski definition) is 3. The van der Waals surface area contributed by atoms with Crippen LogP contribution in [0.1, 0.15) is 96.1 Å². The number of oxime groups is 1. The molecule has 1 heterocycles. The summed E-state index contributed by atoms with van der Waals surface area (Å²) in [6, 6.07) is 14.4. The number of aliphatic hydroxyl groups excluding tert-OH is 2. The summed E-state index contributed by atoms with van der Waals surface area (Å²) < 4.78 is 25.4. The van der Waals surface area contributed by atoms with E-state index in [-0.39, 0.29) is 44.0 Å². The molecule has 2 amide bonds. The number of carbonyl (C=O) groups is 2. The Morgan fingerprint density at radius 3 is 2.46 bits per heavy atom. The van der Waals surface area contributed by atoms with Crippen molar-refractivity contribution in [1.82, 2.24) is 10.2 Å². The van der Waals surface area contributed by atoms with Crippen molar-refractivity contribution in [3.05, 3.63) is 84.0 Å². The molecule has 0 saturated heterocycles. The number of allylic oxidation sites excluding steroid dienone is 1. The summed E-state index contributed by atoms with van der Waals surface area (Å²) in [7, 11) is 1.38. The highest BCUT2D eigenvalue weighted by Crippen LogP contribution is 2.62. The Kier molecular flexibility index (Phi) is 15.0. The first-order chi connectivity index (χ1) is 27.0. The maximum absolute atomic E-state index is 13.7. The number of carbonyl (C=O) groups excluding carboxylic acids is 2. The number of benzene rings is 2. The summed E-state index contributed by atoms with van der Waals surface area (Å²) in [6.07, 6.45) is 8.31. The SMILES string of the molecule is C=CCO[C@@]12Oc3ccc(OC(=O)NCc4ccccc4)cc3[C@H]3[C@H](CCCCO)[C@@H](CCCCO)C=C(C(=NOC(C)(C)C)C[C@@H]1N(CCC)C(=O)OC)[C@H]32. The fourth-order valence-corrected chi connectivity index (χ4v) is 8.55. The summed E-state index contributed by atoms with van der Waals surface area (Å²) in [6.45, 7) is 12.8. The number of hydrogen-bond acceptors (Lipinski definition) is 10. The van der Waals surface area contributed by atoms with Gasteiger partial charge in [-0.05, 0) is 94.0 Å². The van der Waals surface area contributed by atoms with Gasteiger partial charge < -0.3 is 39.3 Å². The van der Waals surface area contributed by atoms with Gasteiger partial charge in [0.25, 0.3) is 0 Å². The molecule has 0 bridgehead atoms. The van der Waals surface area contributed by atoms with Crippen LogP contribution in [-0.4, -0.2) is 83.9 Å². The van der Waals surface area contributed by atoms with Crippen LogP contribution in [-0.2, 0) is 20.9 Å². The van der Waals surface area contributed by atoms with Crippen molar-refractivity contribution < 1.29 is 43.6 Å². The van der Waals surface area contributed by atoms with Gasteiger partial charge in [-0.3, -0.25) is 4.90 Å². The molecule has 1 saturated carbocycles. The van der Waals surface area contributed by atoms with E-state index in [4.69, 9.17) is 28.9 Å². The molecule has 1 aliphatic heterocycles. The van der Waals surface area contributed by atoms with Crippen molar-refractivity contribution in [2.75, 3.05) is 33.5 Å². The smallest absolute Gasteiger partial charge is 0.412 e. The molecular weight excluding hydrogens is 714 g/mol. The first kappa shape index (κ1) is 42.7. The number of amides is 2. The largest absolute Gasteiger partial charge is 0.459 e. The van der Waals surface area contributed by atoms with Crippen molar-refractivity contribution in [1.29, 1.82) is 0 Å². The molecule has 6 atom stereocenters. The van der Waals surface area contributed by atoms with Gasteiger partial charge in [0.15, 0.2) is 0 Å². The molecule has 56 heavy (non-hydrogen) atoms. The van der Waals surface area contributed by atoms with Crippen molar-refractivity contribution in [3.63, 3.8) is 0 Å². The van der Waals surface area contributed by atoms with Gasteiger partial charge >= 0.3 is 12.2 Å². The molecule has 3 aliphatic rings. The Bertz CT molecular complexity index is 1690. The van der Waals surface area contributed by atoms with Gasteiger partial charge in [-0.15, -0.1) is 6.58 Å². The van der Waals surface area contributed by atoms with E-state index in [1.807, 2.05) is 70.2 Å². The second kappa shape index (κ2) is 19.7. The number of nitrogens with one attached hydrogen (secondary N) is 1. The molecule has 5 rings (SSSR count). The zero-order valence-corrected chi connectivity index (χ0v) is 33.7. The van der Waals surface area contributed by atoms with E-state index < -0.39 is 35.5 Å². The Labute approximate surface area is 331 Å². The zero-order valence-electron chi connectivity index (χ0n) is 33.7.